The van der Waals surface area contributed by atoms with E-state index in [0.29, 0.717) is 10.8 Å². The monoisotopic (exact) mass is 301 g/mol. The minimum Gasteiger partial charge on any atom is -0.207 e. The number of nitrogens with zero attached hydrogens (tertiary/aromatic N) is 1. The molecule has 5 heteroatoms. The zero-order valence-corrected chi connectivity index (χ0v) is 13.0. The van der Waals surface area contributed by atoms with E-state index in [1.54, 1.807) is 19.2 Å². The standard InChI is InChI=1S/C14H20ClNO2S/c1-11-7-8-14(9-12(11)10-15)19(17,18)16(2)13-5-3-4-6-13/h7-9,13H,3-6,10H2,1-2H3. The molecule has 0 saturated heterocycles. The van der Waals surface area contributed by atoms with Gasteiger partial charge in [0.05, 0.1) is 4.90 Å². The van der Waals surface area contributed by atoms with E-state index in [1.807, 2.05) is 13.0 Å². The molecule has 0 N–H and O–H groups in total. The van der Waals surface area contributed by atoms with E-state index < -0.39 is 10.0 Å². The summed E-state index contributed by atoms with van der Waals surface area (Å²) >= 11 is 5.85. The summed E-state index contributed by atoms with van der Waals surface area (Å²) in [5.41, 5.74) is 1.90. The second-order valence-corrected chi connectivity index (χ2v) is 7.45. The Labute approximate surface area is 120 Å². The van der Waals surface area contributed by atoms with Gasteiger partial charge in [-0.25, -0.2) is 8.42 Å². The molecule has 1 fully saturated rings. The predicted molar refractivity (Wildman–Crippen MR) is 77.9 cm³/mol. The van der Waals surface area contributed by atoms with Crippen LogP contribution in [0, 0.1) is 6.92 Å². The predicted octanol–water partition coefficient (Wildman–Crippen LogP) is 3.30. The smallest absolute Gasteiger partial charge is 0.207 e. The van der Waals surface area contributed by atoms with Gasteiger partial charge in [0.2, 0.25) is 10.0 Å². The van der Waals surface area contributed by atoms with E-state index in [4.69, 9.17) is 11.6 Å². The summed E-state index contributed by atoms with van der Waals surface area (Å²) in [6.45, 7) is 1.94. The molecule has 1 aliphatic carbocycles. The highest BCUT2D eigenvalue weighted by Gasteiger charge is 2.30. The van der Waals surface area contributed by atoms with Gasteiger partial charge in [-0.15, -0.1) is 11.6 Å². The third kappa shape index (κ3) is 2.96. The Morgan fingerprint density at radius 2 is 1.95 bits per heavy atom. The first-order chi connectivity index (χ1) is 8.96. The lowest BCUT2D eigenvalue weighted by atomic mass is 10.1. The highest BCUT2D eigenvalue weighted by Crippen LogP contribution is 2.28. The molecule has 1 aromatic rings. The van der Waals surface area contributed by atoms with Gasteiger partial charge in [0.1, 0.15) is 0 Å². The molecule has 3 nitrogen and oxygen atoms in total. The summed E-state index contributed by atoms with van der Waals surface area (Å²) in [4.78, 5) is 0.350. The van der Waals surface area contributed by atoms with Gasteiger partial charge < -0.3 is 0 Å². The Balaban J connectivity index is 2.33. The van der Waals surface area contributed by atoms with Crippen LogP contribution in [0.3, 0.4) is 0 Å². The summed E-state index contributed by atoms with van der Waals surface area (Å²) in [6.07, 6.45) is 4.16. The third-order valence-electron chi connectivity index (χ3n) is 3.98. The fourth-order valence-corrected chi connectivity index (χ4v) is 4.34. The molecule has 0 aromatic heterocycles. The number of halogens is 1. The zero-order chi connectivity index (χ0) is 14.0. The molecule has 0 heterocycles. The van der Waals surface area contributed by atoms with Gasteiger partial charge in [-0.05, 0) is 43.0 Å². The van der Waals surface area contributed by atoms with E-state index in [-0.39, 0.29) is 6.04 Å². The van der Waals surface area contributed by atoms with Crippen LogP contribution in [0.5, 0.6) is 0 Å². The molecule has 0 atom stereocenters. The van der Waals surface area contributed by atoms with Crippen LogP contribution in [-0.2, 0) is 15.9 Å². The number of sulfonamides is 1. The van der Waals surface area contributed by atoms with Crippen molar-refractivity contribution in [1.29, 1.82) is 0 Å². The molecule has 0 bridgehead atoms. The maximum Gasteiger partial charge on any atom is 0.243 e. The van der Waals surface area contributed by atoms with Crippen LogP contribution < -0.4 is 0 Å². The Kier molecular flexibility index (Phi) is 4.54. The van der Waals surface area contributed by atoms with Crippen LogP contribution in [-0.4, -0.2) is 25.8 Å². The molecule has 0 unspecified atom stereocenters. The molecule has 1 aromatic carbocycles. The van der Waals surface area contributed by atoms with Gasteiger partial charge in [0.25, 0.3) is 0 Å². The molecule has 1 aliphatic rings. The molecule has 19 heavy (non-hydrogen) atoms. The summed E-state index contributed by atoms with van der Waals surface area (Å²) in [7, 11) is -1.71. The number of rotatable bonds is 4. The highest BCUT2D eigenvalue weighted by atomic mass is 35.5. The lowest BCUT2D eigenvalue weighted by molar-refractivity contribution is 0.373. The van der Waals surface area contributed by atoms with Crippen molar-refractivity contribution in [3.8, 4) is 0 Å². The maximum absolute atomic E-state index is 12.6. The van der Waals surface area contributed by atoms with E-state index in [2.05, 4.69) is 0 Å². The molecule has 0 amide bonds. The minimum atomic E-state index is -3.40. The normalized spacial score (nSPS) is 17.3. The van der Waals surface area contributed by atoms with E-state index in [0.717, 1.165) is 36.8 Å². The van der Waals surface area contributed by atoms with Crippen LogP contribution in [0.2, 0.25) is 0 Å². The number of benzene rings is 1. The summed E-state index contributed by atoms with van der Waals surface area (Å²) in [6, 6.07) is 5.34. The quantitative estimate of drug-likeness (QED) is 0.800. The molecule has 0 aliphatic heterocycles. The SMILES string of the molecule is Cc1ccc(S(=O)(=O)N(C)C2CCCC2)cc1CCl. The molecule has 2 rings (SSSR count). The first kappa shape index (κ1) is 14.8. The first-order valence-corrected chi connectivity index (χ1v) is 8.58. The number of hydrogen-bond donors (Lipinski definition) is 0. The van der Waals surface area contributed by atoms with Gasteiger partial charge in [0, 0.05) is 19.0 Å². The van der Waals surface area contributed by atoms with E-state index in [9.17, 15) is 8.42 Å². The summed E-state index contributed by atoms with van der Waals surface area (Å²) in [5.74, 6) is 0.336. The van der Waals surface area contributed by atoms with Crippen molar-refractivity contribution in [3.05, 3.63) is 29.3 Å². The summed E-state index contributed by atoms with van der Waals surface area (Å²) in [5, 5.41) is 0. The molecular formula is C14H20ClNO2S. The minimum absolute atomic E-state index is 0.144. The lowest BCUT2D eigenvalue weighted by Gasteiger charge is -2.24. The lowest BCUT2D eigenvalue weighted by Crippen LogP contribution is -2.35. The van der Waals surface area contributed by atoms with Crippen LogP contribution in [0.15, 0.2) is 23.1 Å². The summed E-state index contributed by atoms with van der Waals surface area (Å²) < 4.78 is 26.7. The van der Waals surface area contributed by atoms with Crippen LogP contribution in [0.4, 0.5) is 0 Å². The van der Waals surface area contributed by atoms with Crippen molar-refractivity contribution in [2.75, 3.05) is 7.05 Å². The molecule has 0 radical (unpaired) electrons. The Hall–Kier alpha value is -0.580. The van der Waals surface area contributed by atoms with Crippen LogP contribution in [0.25, 0.3) is 0 Å². The van der Waals surface area contributed by atoms with Crippen molar-refractivity contribution in [3.63, 3.8) is 0 Å². The van der Waals surface area contributed by atoms with E-state index in [1.165, 1.54) is 4.31 Å². The Morgan fingerprint density at radius 3 is 2.53 bits per heavy atom. The van der Waals surface area contributed by atoms with Gasteiger partial charge in [-0.3, -0.25) is 0 Å². The van der Waals surface area contributed by atoms with Crippen molar-refractivity contribution >= 4 is 21.6 Å². The van der Waals surface area contributed by atoms with Gasteiger partial charge in [0.15, 0.2) is 0 Å². The third-order valence-corrected chi connectivity index (χ3v) is 6.17. The van der Waals surface area contributed by atoms with E-state index >= 15 is 0 Å². The fraction of sp³-hybridized carbons (Fsp3) is 0.571. The molecule has 0 spiro atoms. The molecular weight excluding hydrogens is 282 g/mol. The van der Waals surface area contributed by atoms with Crippen molar-refractivity contribution < 1.29 is 8.42 Å². The highest BCUT2D eigenvalue weighted by molar-refractivity contribution is 7.89. The Morgan fingerprint density at radius 1 is 1.32 bits per heavy atom. The van der Waals surface area contributed by atoms with Gasteiger partial charge in [-0.2, -0.15) is 4.31 Å². The van der Waals surface area contributed by atoms with Gasteiger partial charge >= 0.3 is 0 Å². The largest absolute Gasteiger partial charge is 0.243 e. The topological polar surface area (TPSA) is 37.4 Å². The average Bonchev–Trinajstić information content (AvgIpc) is 2.91. The maximum atomic E-state index is 12.6. The first-order valence-electron chi connectivity index (χ1n) is 6.60. The second-order valence-electron chi connectivity index (χ2n) is 5.18. The number of aryl methyl sites for hydroxylation is 1. The van der Waals surface area contributed by atoms with Crippen LogP contribution in [0.1, 0.15) is 36.8 Å². The van der Waals surface area contributed by atoms with Crippen LogP contribution >= 0.6 is 11.6 Å². The zero-order valence-electron chi connectivity index (χ0n) is 11.4. The number of hydrogen-bond acceptors (Lipinski definition) is 2. The van der Waals surface area contributed by atoms with Crippen molar-refractivity contribution in [1.82, 2.24) is 4.31 Å². The Bertz CT molecular complexity index is 551. The fourth-order valence-electron chi connectivity index (χ4n) is 2.58. The van der Waals surface area contributed by atoms with Crippen molar-refractivity contribution in [2.24, 2.45) is 0 Å². The molecule has 106 valence electrons. The number of alkyl halides is 1. The second kappa shape index (κ2) is 5.81. The average molecular weight is 302 g/mol. The van der Waals surface area contributed by atoms with Gasteiger partial charge in [-0.1, -0.05) is 18.9 Å². The molecule has 1 saturated carbocycles. The van der Waals surface area contributed by atoms with Crippen molar-refractivity contribution in [2.45, 2.75) is 49.4 Å².